The van der Waals surface area contributed by atoms with Crippen LogP contribution >= 0.6 is 12.4 Å². The lowest BCUT2D eigenvalue weighted by molar-refractivity contribution is 0.0895. The molecule has 0 spiro atoms. The number of carbonyl (C=O) groups is 1. The minimum absolute atomic E-state index is 0. The van der Waals surface area contributed by atoms with E-state index in [1.54, 1.807) is 6.07 Å². The molecule has 0 bridgehead atoms. The predicted octanol–water partition coefficient (Wildman–Crippen LogP) is 2.49. The van der Waals surface area contributed by atoms with Crippen molar-refractivity contribution in [2.24, 2.45) is 5.73 Å². The highest BCUT2D eigenvalue weighted by Crippen LogP contribution is 2.14. The fourth-order valence-electron chi connectivity index (χ4n) is 1.71. The summed E-state index contributed by atoms with van der Waals surface area (Å²) >= 11 is 0. The summed E-state index contributed by atoms with van der Waals surface area (Å²) in [5.74, 6) is -0.692. The minimum atomic E-state index is -0.413. The number of hydrogen-bond acceptors (Lipinski definition) is 2. The van der Waals surface area contributed by atoms with Gasteiger partial charge in [0.1, 0.15) is 5.82 Å². The zero-order valence-electron chi connectivity index (χ0n) is 10.7. The van der Waals surface area contributed by atoms with Crippen LogP contribution in [0.4, 0.5) is 4.39 Å². The first kappa shape index (κ1) is 16.9. The van der Waals surface area contributed by atoms with E-state index in [4.69, 9.17) is 5.73 Å². The van der Waals surface area contributed by atoms with Crippen LogP contribution in [0.3, 0.4) is 0 Å². The van der Waals surface area contributed by atoms with E-state index in [1.165, 1.54) is 18.2 Å². The summed E-state index contributed by atoms with van der Waals surface area (Å²) in [5, 5.41) is 2.89. The monoisotopic (exact) mass is 274 g/mol. The molecule has 0 radical (unpaired) electrons. The quantitative estimate of drug-likeness (QED) is 0.867. The zero-order chi connectivity index (χ0) is 12.9. The molecule has 0 saturated heterocycles. The van der Waals surface area contributed by atoms with Crippen LogP contribution in [-0.2, 0) is 0 Å². The summed E-state index contributed by atoms with van der Waals surface area (Å²) in [6.07, 6.45) is 1.50. The fraction of sp³-hybridized carbons (Fsp3) is 0.462. The molecule has 1 amide bonds. The van der Waals surface area contributed by atoms with Crippen molar-refractivity contribution in [3.63, 3.8) is 0 Å². The van der Waals surface area contributed by atoms with Crippen LogP contribution in [0.5, 0.6) is 0 Å². The van der Waals surface area contributed by atoms with Gasteiger partial charge < -0.3 is 11.1 Å². The SMILES string of the molecule is CCC(CC)(CN)NC(=O)c1cccc(F)c1.Cl. The molecule has 5 heteroatoms. The Hall–Kier alpha value is -1.13. The molecular formula is C13H20ClFN2O. The fourth-order valence-corrected chi connectivity index (χ4v) is 1.71. The Labute approximate surface area is 113 Å². The average molecular weight is 275 g/mol. The number of halogens is 2. The molecule has 0 aliphatic carbocycles. The molecule has 0 heterocycles. The van der Waals surface area contributed by atoms with Crippen LogP contribution in [0.15, 0.2) is 24.3 Å². The van der Waals surface area contributed by atoms with Crippen molar-refractivity contribution in [2.75, 3.05) is 6.54 Å². The van der Waals surface area contributed by atoms with Gasteiger partial charge in [0.15, 0.2) is 0 Å². The van der Waals surface area contributed by atoms with E-state index in [9.17, 15) is 9.18 Å². The Morgan fingerprint density at radius 2 is 2.00 bits per heavy atom. The van der Waals surface area contributed by atoms with Crippen molar-refractivity contribution in [3.05, 3.63) is 35.6 Å². The number of benzene rings is 1. The number of hydrogen-bond donors (Lipinski definition) is 2. The normalized spacial score (nSPS) is 10.7. The third kappa shape index (κ3) is 3.96. The van der Waals surface area contributed by atoms with Crippen molar-refractivity contribution >= 4 is 18.3 Å². The van der Waals surface area contributed by atoms with Crippen molar-refractivity contribution in [1.29, 1.82) is 0 Å². The van der Waals surface area contributed by atoms with Crippen molar-refractivity contribution in [3.8, 4) is 0 Å². The average Bonchev–Trinajstić information content (AvgIpc) is 2.36. The molecule has 102 valence electrons. The molecule has 1 aromatic carbocycles. The highest BCUT2D eigenvalue weighted by atomic mass is 35.5. The molecule has 0 fully saturated rings. The molecule has 18 heavy (non-hydrogen) atoms. The molecule has 1 aromatic rings. The Balaban J connectivity index is 0.00000289. The second-order valence-electron chi connectivity index (χ2n) is 4.16. The van der Waals surface area contributed by atoms with Gasteiger partial charge in [-0.3, -0.25) is 4.79 Å². The lowest BCUT2D eigenvalue weighted by Crippen LogP contribution is -2.52. The van der Waals surface area contributed by atoms with Gasteiger partial charge in [-0.05, 0) is 31.0 Å². The summed E-state index contributed by atoms with van der Waals surface area (Å²) in [5.41, 5.74) is 5.62. The van der Waals surface area contributed by atoms with Gasteiger partial charge in [-0.25, -0.2) is 4.39 Å². The zero-order valence-corrected chi connectivity index (χ0v) is 11.5. The van der Waals surface area contributed by atoms with E-state index >= 15 is 0 Å². The molecule has 0 aromatic heterocycles. The molecule has 3 nitrogen and oxygen atoms in total. The largest absolute Gasteiger partial charge is 0.345 e. The van der Waals surface area contributed by atoms with E-state index in [1.807, 2.05) is 13.8 Å². The van der Waals surface area contributed by atoms with Crippen LogP contribution in [-0.4, -0.2) is 18.0 Å². The van der Waals surface area contributed by atoms with Gasteiger partial charge in [-0.2, -0.15) is 0 Å². The lowest BCUT2D eigenvalue weighted by Gasteiger charge is -2.31. The highest BCUT2D eigenvalue weighted by Gasteiger charge is 2.26. The predicted molar refractivity (Wildman–Crippen MR) is 73.5 cm³/mol. The van der Waals surface area contributed by atoms with E-state index in [0.29, 0.717) is 12.1 Å². The number of amides is 1. The maximum atomic E-state index is 13.0. The Bertz CT molecular complexity index is 386. The van der Waals surface area contributed by atoms with Crippen LogP contribution < -0.4 is 11.1 Å². The highest BCUT2D eigenvalue weighted by molar-refractivity contribution is 5.94. The third-order valence-electron chi connectivity index (χ3n) is 3.21. The van der Waals surface area contributed by atoms with Crippen molar-refractivity contribution in [1.82, 2.24) is 5.32 Å². The molecule has 0 aliphatic heterocycles. The lowest BCUT2D eigenvalue weighted by atomic mass is 9.92. The second-order valence-corrected chi connectivity index (χ2v) is 4.16. The number of nitrogens with one attached hydrogen (secondary N) is 1. The maximum absolute atomic E-state index is 13.0. The van der Waals surface area contributed by atoms with E-state index in [-0.39, 0.29) is 18.3 Å². The molecule has 3 N–H and O–H groups in total. The van der Waals surface area contributed by atoms with Crippen molar-refractivity contribution < 1.29 is 9.18 Å². The van der Waals surface area contributed by atoms with Crippen LogP contribution in [0.1, 0.15) is 37.0 Å². The van der Waals surface area contributed by atoms with Crippen LogP contribution in [0, 0.1) is 5.82 Å². The summed E-state index contributed by atoms with van der Waals surface area (Å²) in [6.45, 7) is 4.32. The third-order valence-corrected chi connectivity index (χ3v) is 3.21. The first-order valence-electron chi connectivity index (χ1n) is 5.85. The number of rotatable bonds is 5. The minimum Gasteiger partial charge on any atom is -0.345 e. The van der Waals surface area contributed by atoms with E-state index in [0.717, 1.165) is 12.8 Å². The molecule has 0 aliphatic rings. The molecule has 1 rings (SSSR count). The Morgan fingerprint density at radius 1 is 1.39 bits per heavy atom. The first-order valence-corrected chi connectivity index (χ1v) is 5.85. The molecule has 0 saturated carbocycles. The van der Waals surface area contributed by atoms with Gasteiger partial charge in [0.2, 0.25) is 0 Å². The van der Waals surface area contributed by atoms with Gasteiger partial charge in [0.05, 0.1) is 5.54 Å². The maximum Gasteiger partial charge on any atom is 0.251 e. The van der Waals surface area contributed by atoms with Crippen molar-refractivity contribution in [2.45, 2.75) is 32.2 Å². The number of carbonyl (C=O) groups excluding carboxylic acids is 1. The standard InChI is InChI=1S/C13H19FN2O.ClH/c1-3-13(4-2,9-15)16-12(17)10-6-5-7-11(14)8-10;/h5-8H,3-4,9,15H2,1-2H3,(H,16,17);1H. The molecule has 0 atom stereocenters. The molecule has 0 unspecified atom stereocenters. The molecular weight excluding hydrogens is 255 g/mol. The van der Waals surface area contributed by atoms with Gasteiger partial charge in [-0.15, -0.1) is 12.4 Å². The van der Waals surface area contributed by atoms with E-state index < -0.39 is 11.4 Å². The van der Waals surface area contributed by atoms with Crippen LogP contribution in [0.2, 0.25) is 0 Å². The van der Waals surface area contributed by atoms with Gasteiger partial charge >= 0.3 is 0 Å². The second kappa shape index (κ2) is 7.34. The Kier molecular flexibility index (Phi) is 6.88. The van der Waals surface area contributed by atoms with Gasteiger partial charge in [0.25, 0.3) is 5.91 Å². The van der Waals surface area contributed by atoms with Gasteiger partial charge in [-0.1, -0.05) is 19.9 Å². The topological polar surface area (TPSA) is 55.1 Å². The first-order chi connectivity index (χ1) is 8.06. The summed E-state index contributed by atoms with van der Waals surface area (Å²) in [4.78, 5) is 12.0. The smallest absolute Gasteiger partial charge is 0.251 e. The summed E-state index contributed by atoms with van der Waals surface area (Å²) in [6, 6.07) is 5.64. The number of nitrogens with two attached hydrogens (primary N) is 1. The Morgan fingerprint density at radius 3 is 2.44 bits per heavy atom. The van der Waals surface area contributed by atoms with Gasteiger partial charge in [0, 0.05) is 12.1 Å². The van der Waals surface area contributed by atoms with Crippen LogP contribution in [0.25, 0.3) is 0 Å². The van der Waals surface area contributed by atoms with E-state index in [2.05, 4.69) is 5.32 Å². The summed E-state index contributed by atoms with van der Waals surface area (Å²) < 4.78 is 13.0. The summed E-state index contributed by atoms with van der Waals surface area (Å²) in [7, 11) is 0.